The van der Waals surface area contributed by atoms with E-state index in [-0.39, 0.29) is 5.97 Å². The Morgan fingerprint density at radius 3 is 2.67 bits per heavy atom. The third kappa shape index (κ3) is 3.74. The van der Waals surface area contributed by atoms with Crippen molar-refractivity contribution in [2.24, 2.45) is 0 Å². The number of hydrogen-bond acceptors (Lipinski definition) is 4. The molecule has 0 spiro atoms. The summed E-state index contributed by atoms with van der Waals surface area (Å²) < 4.78 is 10.4. The van der Waals surface area contributed by atoms with Crippen LogP contribution in [0, 0.1) is 0 Å². The molecule has 0 aliphatic rings. The van der Waals surface area contributed by atoms with E-state index in [0.29, 0.717) is 6.61 Å². The van der Waals surface area contributed by atoms with Gasteiger partial charge in [-0.05, 0) is 26.0 Å². The Morgan fingerprint density at radius 2 is 2.06 bits per heavy atom. The molecule has 0 heterocycles. The van der Waals surface area contributed by atoms with Gasteiger partial charge in [-0.1, -0.05) is 25.1 Å². The molecular weight excluding hydrogens is 230 g/mol. The molecule has 1 atom stereocenters. The van der Waals surface area contributed by atoms with Crippen LogP contribution in [0.3, 0.4) is 0 Å². The van der Waals surface area contributed by atoms with E-state index < -0.39 is 6.04 Å². The fourth-order valence-electron chi connectivity index (χ4n) is 1.73. The molecule has 1 aromatic carbocycles. The lowest BCUT2D eigenvalue weighted by Crippen LogP contribution is -2.30. The number of nitrogens with one attached hydrogen (secondary N) is 1. The van der Waals surface area contributed by atoms with Crippen LogP contribution in [0.1, 0.15) is 31.9 Å². The molecule has 1 N–H and O–H groups in total. The van der Waals surface area contributed by atoms with Gasteiger partial charge in [-0.2, -0.15) is 0 Å². The van der Waals surface area contributed by atoms with Crippen molar-refractivity contribution in [2.45, 2.75) is 26.3 Å². The summed E-state index contributed by atoms with van der Waals surface area (Å²) in [6.45, 7) is 5.29. The van der Waals surface area contributed by atoms with Gasteiger partial charge in [0.25, 0.3) is 0 Å². The highest BCUT2D eigenvalue weighted by Crippen LogP contribution is 2.26. The van der Waals surface area contributed by atoms with Gasteiger partial charge in [0.15, 0.2) is 0 Å². The smallest absolute Gasteiger partial charge is 0.327 e. The van der Waals surface area contributed by atoms with Crippen molar-refractivity contribution in [3.05, 3.63) is 29.8 Å². The van der Waals surface area contributed by atoms with Crippen molar-refractivity contribution >= 4 is 5.97 Å². The van der Waals surface area contributed by atoms with Crippen molar-refractivity contribution in [2.75, 3.05) is 20.3 Å². The molecule has 0 amide bonds. The fourth-order valence-corrected chi connectivity index (χ4v) is 1.73. The summed E-state index contributed by atoms with van der Waals surface area (Å²) in [5.74, 6) is 0.426. The molecule has 0 saturated carbocycles. The van der Waals surface area contributed by atoms with Gasteiger partial charge in [-0.15, -0.1) is 0 Å². The molecule has 0 radical (unpaired) electrons. The first-order chi connectivity index (χ1) is 8.74. The zero-order valence-corrected chi connectivity index (χ0v) is 11.2. The SMILES string of the molecule is CCCNC(C(=O)OC)c1ccccc1OCC. The second kappa shape index (κ2) is 7.71. The Kier molecular flexibility index (Phi) is 6.22. The highest BCUT2D eigenvalue weighted by Gasteiger charge is 2.23. The summed E-state index contributed by atoms with van der Waals surface area (Å²) in [4.78, 5) is 11.8. The Bertz CT molecular complexity index is 379. The van der Waals surface area contributed by atoms with Gasteiger partial charge in [0, 0.05) is 5.56 Å². The van der Waals surface area contributed by atoms with E-state index in [1.807, 2.05) is 31.2 Å². The maximum Gasteiger partial charge on any atom is 0.327 e. The van der Waals surface area contributed by atoms with Crippen LogP contribution < -0.4 is 10.1 Å². The molecule has 4 heteroatoms. The first-order valence-corrected chi connectivity index (χ1v) is 6.27. The Balaban J connectivity index is 2.99. The zero-order valence-electron chi connectivity index (χ0n) is 11.2. The van der Waals surface area contributed by atoms with Crippen LogP contribution in [0.4, 0.5) is 0 Å². The van der Waals surface area contributed by atoms with Crippen LogP contribution in [0.5, 0.6) is 5.75 Å². The Labute approximate surface area is 108 Å². The number of rotatable bonds is 7. The topological polar surface area (TPSA) is 47.6 Å². The average Bonchev–Trinajstić information content (AvgIpc) is 2.40. The lowest BCUT2D eigenvalue weighted by atomic mass is 10.1. The fraction of sp³-hybridized carbons (Fsp3) is 0.500. The number of hydrogen-bond donors (Lipinski definition) is 1. The van der Waals surface area contributed by atoms with Crippen molar-refractivity contribution < 1.29 is 14.3 Å². The summed E-state index contributed by atoms with van der Waals surface area (Å²) >= 11 is 0. The van der Waals surface area contributed by atoms with Crippen molar-refractivity contribution in [3.8, 4) is 5.75 Å². The number of methoxy groups -OCH3 is 1. The maximum atomic E-state index is 11.8. The highest BCUT2D eigenvalue weighted by atomic mass is 16.5. The molecule has 0 aromatic heterocycles. The molecular formula is C14H21NO3. The lowest BCUT2D eigenvalue weighted by Gasteiger charge is -2.19. The van der Waals surface area contributed by atoms with Gasteiger partial charge in [0.05, 0.1) is 13.7 Å². The van der Waals surface area contributed by atoms with E-state index in [4.69, 9.17) is 9.47 Å². The summed E-state index contributed by atoms with van der Waals surface area (Å²) in [5.41, 5.74) is 0.819. The van der Waals surface area contributed by atoms with E-state index in [1.165, 1.54) is 7.11 Å². The second-order valence-corrected chi connectivity index (χ2v) is 3.88. The highest BCUT2D eigenvalue weighted by molar-refractivity contribution is 5.78. The van der Waals surface area contributed by atoms with E-state index in [1.54, 1.807) is 0 Å². The molecule has 0 fully saturated rings. The number of esters is 1. The molecule has 0 bridgehead atoms. The number of carbonyl (C=O) groups is 1. The van der Waals surface area contributed by atoms with E-state index in [9.17, 15) is 4.79 Å². The summed E-state index contributed by atoms with van der Waals surface area (Å²) in [6, 6.07) is 7.06. The quantitative estimate of drug-likeness (QED) is 0.755. The van der Waals surface area contributed by atoms with Crippen LogP contribution in [0.15, 0.2) is 24.3 Å². The van der Waals surface area contributed by atoms with Gasteiger partial charge < -0.3 is 14.8 Å². The largest absolute Gasteiger partial charge is 0.494 e. The standard InChI is InChI=1S/C14H21NO3/c1-4-10-15-13(14(16)17-3)11-8-6-7-9-12(11)18-5-2/h6-9,13,15H,4-5,10H2,1-3H3. The average molecular weight is 251 g/mol. The molecule has 0 aliphatic heterocycles. The van der Waals surface area contributed by atoms with E-state index >= 15 is 0 Å². The molecule has 0 saturated heterocycles. The predicted molar refractivity (Wildman–Crippen MR) is 70.7 cm³/mol. The molecule has 100 valence electrons. The summed E-state index contributed by atoms with van der Waals surface area (Å²) in [6.07, 6.45) is 0.949. The third-order valence-electron chi connectivity index (χ3n) is 2.57. The molecule has 1 rings (SSSR count). The number of ether oxygens (including phenoxy) is 2. The number of carbonyl (C=O) groups excluding carboxylic acids is 1. The second-order valence-electron chi connectivity index (χ2n) is 3.88. The predicted octanol–water partition coefficient (Wildman–Crippen LogP) is 2.30. The Hall–Kier alpha value is -1.55. The van der Waals surface area contributed by atoms with Crippen LogP contribution in [-0.4, -0.2) is 26.2 Å². The van der Waals surface area contributed by atoms with E-state index in [0.717, 1.165) is 24.3 Å². The molecule has 4 nitrogen and oxygen atoms in total. The van der Waals surface area contributed by atoms with Gasteiger partial charge in [-0.25, -0.2) is 4.79 Å². The minimum atomic E-state index is -0.474. The van der Waals surface area contributed by atoms with Gasteiger partial charge in [-0.3, -0.25) is 0 Å². The third-order valence-corrected chi connectivity index (χ3v) is 2.57. The molecule has 18 heavy (non-hydrogen) atoms. The minimum absolute atomic E-state index is 0.296. The first-order valence-electron chi connectivity index (χ1n) is 6.27. The minimum Gasteiger partial charge on any atom is -0.494 e. The van der Waals surface area contributed by atoms with Gasteiger partial charge in [0.2, 0.25) is 0 Å². The van der Waals surface area contributed by atoms with Gasteiger partial charge in [0.1, 0.15) is 11.8 Å². The summed E-state index contributed by atoms with van der Waals surface area (Å²) in [5, 5.41) is 3.18. The monoisotopic (exact) mass is 251 g/mol. The molecule has 1 unspecified atom stereocenters. The van der Waals surface area contributed by atoms with Crippen molar-refractivity contribution in [3.63, 3.8) is 0 Å². The molecule has 0 aliphatic carbocycles. The Morgan fingerprint density at radius 1 is 1.33 bits per heavy atom. The summed E-state index contributed by atoms with van der Waals surface area (Å²) in [7, 11) is 1.40. The lowest BCUT2D eigenvalue weighted by molar-refractivity contribution is -0.143. The maximum absolute atomic E-state index is 11.8. The zero-order chi connectivity index (χ0) is 13.4. The van der Waals surface area contributed by atoms with Crippen molar-refractivity contribution in [1.29, 1.82) is 0 Å². The normalized spacial score (nSPS) is 11.9. The van der Waals surface area contributed by atoms with Crippen LogP contribution in [-0.2, 0) is 9.53 Å². The van der Waals surface area contributed by atoms with Gasteiger partial charge >= 0.3 is 5.97 Å². The first kappa shape index (κ1) is 14.5. The molecule has 1 aromatic rings. The van der Waals surface area contributed by atoms with E-state index in [2.05, 4.69) is 12.2 Å². The van der Waals surface area contributed by atoms with Crippen LogP contribution in [0.25, 0.3) is 0 Å². The number of benzene rings is 1. The van der Waals surface area contributed by atoms with Crippen LogP contribution in [0.2, 0.25) is 0 Å². The number of para-hydroxylation sites is 1. The van der Waals surface area contributed by atoms with Crippen molar-refractivity contribution in [1.82, 2.24) is 5.32 Å². The van der Waals surface area contributed by atoms with Crippen LogP contribution >= 0.6 is 0 Å².